The molecule has 0 aliphatic carbocycles. The summed E-state index contributed by atoms with van der Waals surface area (Å²) in [6, 6.07) is 14.1. The Morgan fingerprint density at radius 3 is 2.44 bits per heavy atom. The zero-order valence-corrected chi connectivity index (χ0v) is 16.2. The molecule has 0 heterocycles. The van der Waals surface area contributed by atoms with Crippen molar-refractivity contribution in [3.05, 3.63) is 59.7 Å². The topological polar surface area (TPSA) is 81.7 Å². The van der Waals surface area contributed by atoms with E-state index >= 15 is 0 Å². The third-order valence-electron chi connectivity index (χ3n) is 3.84. The predicted octanol–water partition coefficient (Wildman–Crippen LogP) is 2.34. The summed E-state index contributed by atoms with van der Waals surface area (Å²) in [5.41, 5.74) is 1.28. The molecule has 0 bridgehead atoms. The van der Waals surface area contributed by atoms with E-state index in [1.807, 2.05) is 24.3 Å². The molecular weight excluding hydrogens is 366 g/mol. The summed E-state index contributed by atoms with van der Waals surface area (Å²) in [5, 5.41) is 2.71. The molecule has 7 heteroatoms. The lowest BCUT2D eigenvalue weighted by Crippen LogP contribution is -2.30. The van der Waals surface area contributed by atoms with Gasteiger partial charge >= 0.3 is 5.97 Å². The summed E-state index contributed by atoms with van der Waals surface area (Å²) in [6.45, 7) is 1.82. The molecule has 0 aromatic heterocycles. The van der Waals surface area contributed by atoms with Gasteiger partial charge in [0.15, 0.2) is 6.61 Å². The molecular formula is C20H23NO5S. The summed E-state index contributed by atoms with van der Waals surface area (Å²) in [6.07, 6.45) is 0.655. The van der Waals surface area contributed by atoms with Crippen molar-refractivity contribution in [2.24, 2.45) is 0 Å². The van der Waals surface area contributed by atoms with Crippen molar-refractivity contribution in [2.75, 3.05) is 26.0 Å². The van der Waals surface area contributed by atoms with Crippen molar-refractivity contribution in [1.82, 2.24) is 5.32 Å². The molecule has 2 aromatic carbocycles. The highest BCUT2D eigenvalue weighted by atomic mass is 32.2. The number of carbonyl (C=O) groups is 2. The number of esters is 1. The number of methoxy groups -OCH3 is 1. The van der Waals surface area contributed by atoms with Crippen molar-refractivity contribution in [2.45, 2.75) is 18.2 Å². The van der Waals surface area contributed by atoms with Crippen molar-refractivity contribution < 1.29 is 23.3 Å². The van der Waals surface area contributed by atoms with E-state index in [9.17, 15) is 13.8 Å². The van der Waals surface area contributed by atoms with Gasteiger partial charge in [0.05, 0.1) is 28.4 Å². The van der Waals surface area contributed by atoms with E-state index < -0.39 is 16.8 Å². The van der Waals surface area contributed by atoms with Gasteiger partial charge in [-0.3, -0.25) is 9.00 Å². The van der Waals surface area contributed by atoms with E-state index in [0.717, 1.165) is 11.3 Å². The third kappa shape index (κ3) is 6.21. The fraction of sp³-hybridized carbons (Fsp3) is 0.300. The average molecular weight is 389 g/mol. The fourth-order valence-corrected chi connectivity index (χ4v) is 3.33. The first-order valence-corrected chi connectivity index (χ1v) is 9.91. The van der Waals surface area contributed by atoms with Crippen molar-refractivity contribution in [1.29, 1.82) is 0 Å². The summed E-state index contributed by atoms with van der Waals surface area (Å²) < 4.78 is 22.2. The monoisotopic (exact) mass is 389 g/mol. The van der Waals surface area contributed by atoms with Gasteiger partial charge in [0, 0.05) is 12.3 Å². The van der Waals surface area contributed by atoms with E-state index in [1.165, 1.54) is 0 Å². The van der Waals surface area contributed by atoms with Crippen LogP contribution in [0.15, 0.2) is 53.4 Å². The minimum atomic E-state index is -1.28. The van der Waals surface area contributed by atoms with Gasteiger partial charge < -0.3 is 14.8 Å². The molecule has 0 radical (unpaired) electrons. The molecule has 2 aromatic rings. The lowest BCUT2D eigenvalue weighted by Gasteiger charge is -2.09. The van der Waals surface area contributed by atoms with Gasteiger partial charge in [-0.15, -0.1) is 0 Å². The van der Waals surface area contributed by atoms with Crippen LogP contribution in [0.5, 0.6) is 5.75 Å². The molecule has 2 rings (SSSR count). The lowest BCUT2D eigenvalue weighted by atomic mass is 10.1. The highest BCUT2D eigenvalue weighted by Gasteiger charge is 2.17. The van der Waals surface area contributed by atoms with Gasteiger partial charge in [-0.2, -0.15) is 0 Å². The SMILES string of the molecule is CCS(=O)c1ccccc1C(=O)OCC(=O)NCCc1ccc(OC)cc1. The van der Waals surface area contributed by atoms with Crippen molar-refractivity contribution in [3.8, 4) is 5.75 Å². The van der Waals surface area contributed by atoms with Gasteiger partial charge in [-0.1, -0.05) is 31.2 Å². The number of benzene rings is 2. The Balaban J connectivity index is 1.80. The molecule has 0 saturated heterocycles. The Labute approximate surface area is 161 Å². The Hall–Kier alpha value is -2.67. The fourth-order valence-electron chi connectivity index (χ4n) is 2.39. The number of carbonyl (C=O) groups excluding carboxylic acids is 2. The zero-order chi connectivity index (χ0) is 19.6. The van der Waals surface area contributed by atoms with Crippen LogP contribution in [0.2, 0.25) is 0 Å². The Morgan fingerprint density at radius 1 is 1.07 bits per heavy atom. The van der Waals surface area contributed by atoms with Crippen LogP contribution >= 0.6 is 0 Å². The number of hydrogen-bond donors (Lipinski definition) is 1. The van der Waals surface area contributed by atoms with Crippen LogP contribution in [0.1, 0.15) is 22.8 Å². The zero-order valence-electron chi connectivity index (χ0n) is 15.4. The molecule has 1 N–H and O–H groups in total. The minimum absolute atomic E-state index is 0.226. The maximum atomic E-state index is 12.2. The second kappa shape index (κ2) is 10.5. The maximum Gasteiger partial charge on any atom is 0.339 e. The van der Waals surface area contributed by atoms with Gasteiger partial charge in [0.2, 0.25) is 0 Å². The first-order valence-electron chi connectivity index (χ1n) is 8.59. The van der Waals surface area contributed by atoms with Crippen LogP contribution in [-0.4, -0.2) is 42.1 Å². The highest BCUT2D eigenvalue weighted by molar-refractivity contribution is 7.85. The normalized spacial score (nSPS) is 11.5. The number of rotatable bonds is 9. The third-order valence-corrected chi connectivity index (χ3v) is 5.21. The minimum Gasteiger partial charge on any atom is -0.497 e. The van der Waals surface area contributed by atoms with Crippen molar-refractivity contribution in [3.63, 3.8) is 0 Å². The first-order chi connectivity index (χ1) is 13.0. The van der Waals surface area contributed by atoms with Crippen molar-refractivity contribution >= 4 is 22.7 Å². The largest absolute Gasteiger partial charge is 0.497 e. The molecule has 144 valence electrons. The van der Waals surface area contributed by atoms with Crippen LogP contribution in [-0.2, 0) is 26.8 Å². The smallest absolute Gasteiger partial charge is 0.339 e. The van der Waals surface area contributed by atoms with E-state index in [-0.39, 0.29) is 18.1 Å². The Kier molecular flexibility index (Phi) is 8.00. The summed E-state index contributed by atoms with van der Waals surface area (Å²) in [7, 11) is 0.330. The molecule has 0 saturated carbocycles. The van der Waals surface area contributed by atoms with Crippen LogP contribution in [0, 0.1) is 0 Å². The highest BCUT2D eigenvalue weighted by Crippen LogP contribution is 2.15. The van der Waals surface area contributed by atoms with Crippen LogP contribution < -0.4 is 10.1 Å². The van der Waals surface area contributed by atoms with E-state index in [4.69, 9.17) is 9.47 Å². The molecule has 0 spiro atoms. The molecule has 27 heavy (non-hydrogen) atoms. The second-order valence-electron chi connectivity index (χ2n) is 5.65. The molecule has 0 aliphatic rings. The molecule has 1 amide bonds. The van der Waals surface area contributed by atoms with E-state index in [2.05, 4.69) is 5.32 Å². The lowest BCUT2D eigenvalue weighted by molar-refractivity contribution is -0.124. The summed E-state index contributed by atoms with van der Waals surface area (Å²) in [4.78, 5) is 24.5. The van der Waals surface area contributed by atoms with Crippen LogP contribution in [0.4, 0.5) is 0 Å². The predicted molar refractivity (Wildman–Crippen MR) is 103 cm³/mol. The Bertz CT molecular complexity index is 804. The number of ether oxygens (including phenoxy) is 2. The van der Waals surface area contributed by atoms with Gasteiger partial charge in [-0.25, -0.2) is 4.79 Å². The first kappa shape index (κ1) is 20.6. The molecule has 1 unspecified atom stereocenters. The number of nitrogens with one attached hydrogen (secondary N) is 1. The van der Waals surface area contributed by atoms with Gasteiger partial charge in [-0.05, 0) is 36.2 Å². The number of hydrogen-bond acceptors (Lipinski definition) is 5. The quantitative estimate of drug-likeness (QED) is 0.666. The van der Waals surface area contributed by atoms with Crippen LogP contribution in [0.25, 0.3) is 0 Å². The van der Waals surface area contributed by atoms with Gasteiger partial charge in [0.25, 0.3) is 5.91 Å². The second-order valence-corrected chi connectivity index (χ2v) is 7.36. The van der Waals surface area contributed by atoms with E-state index in [0.29, 0.717) is 23.6 Å². The molecule has 0 fully saturated rings. The van der Waals surface area contributed by atoms with Crippen LogP contribution in [0.3, 0.4) is 0 Å². The molecule has 1 atom stereocenters. The summed E-state index contributed by atoms with van der Waals surface area (Å²) in [5.74, 6) is 0.138. The maximum absolute atomic E-state index is 12.2. The molecule has 0 aliphatic heterocycles. The molecule has 6 nitrogen and oxygen atoms in total. The number of amides is 1. The van der Waals surface area contributed by atoms with Gasteiger partial charge in [0.1, 0.15) is 5.75 Å². The Morgan fingerprint density at radius 2 is 1.78 bits per heavy atom. The summed E-state index contributed by atoms with van der Waals surface area (Å²) >= 11 is 0. The van der Waals surface area contributed by atoms with E-state index in [1.54, 1.807) is 38.3 Å². The average Bonchev–Trinajstić information content (AvgIpc) is 2.72. The standard InChI is InChI=1S/C20H23NO5S/c1-3-27(24)18-7-5-4-6-17(18)20(23)26-14-19(22)21-13-12-15-8-10-16(25-2)11-9-15/h4-11H,3,12-14H2,1-2H3,(H,21,22).